The van der Waals surface area contributed by atoms with E-state index in [-0.39, 0.29) is 13.0 Å². The summed E-state index contributed by atoms with van der Waals surface area (Å²) in [5.41, 5.74) is 5.27. The predicted octanol–water partition coefficient (Wildman–Crippen LogP) is 4.20. The van der Waals surface area contributed by atoms with Crippen molar-refractivity contribution < 1.29 is 18.7 Å². The van der Waals surface area contributed by atoms with E-state index in [9.17, 15) is 14.9 Å². The molecule has 0 atom stereocenters. The summed E-state index contributed by atoms with van der Waals surface area (Å²) in [4.78, 5) is 25.6. The highest BCUT2D eigenvalue weighted by Gasteiger charge is 2.23. The van der Waals surface area contributed by atoms with Crippen LogP contribution in [0.3, 0.4) is 0 Å². The van der Waals surface area contributed by atoms with E-state index in [0.717, 1.165) is 57.4 Å². The van der Waals surface area contributed by atoms with Crippen LogP contribution in [0.4, 0.5) is 5.00 Å². The van der Waals surface area contributed by atoms with Gasteiger partial charge in [-0.1, -0.05) is 0 Å². The van der Waals surface area contributed by atoms with Crippen LogP contribution in [-0.4, -0.2) is 18.5 Å². The molecule has 148 valence electrons. The Balaban J connectivity index is 1.36. The molecule has 7 heteroatoms. The Morgan fingerprint density at radius 1 is 1.28 bits per heavy atom. The van der Waals surface area contributed by atoms with Gasteiger partial charge in [0.25, 0.3) is 5.91 Å². The van der Waals surface area contributed by atoms with Crippen molar-refractivity contribution >= 4 is 39.2 Å². The Kier molecular flexibility index (Phi) is 5.12. The molecule has 4 rings (SSSR count). The average Bonchev–Trinajstić information content (AvgIpc) is 3.36. The summed E-state index contributed by atoms with van der Waals surface area (Å²) in [6.45, 7) is 3.62. The number of nitrogens with one attached hydrogen (secondary N) is 1. The highest BCUT2D eigenvalue weighted by Crippen LogP contribution is 2.38. The summed E-state index contributed by atoms with van der Waals surface area (Å²) < 4.78 is 10.7. The number of nitriles is 1. The second kappa shape index (κ2) is 7.72. The number of nitrogens with zero attached hydrogens (tertiary/aromatic N) is 1. The first-order valence-corrected chi connectivity index (χ1v) is 10.3. The molecule has 0 aliphatic heterocycles. The van der Waals surface area contributed by atoms with Gasteiger partial charge in [0.15, 0.2) is 6.61 Å². The van der Waals surface area contributed by atoms with E-state index in [1.807, 2.05) is 26.0 Å². The van der Waals surface area contributed by atoms with Crippen molar-refractivity contribution in [3.05, 3.63) is 51.1 Å². The molecule has 6 nitrogen and oxygen atoms in total. The molecule has 0 unspecified atom stereocenters. The largest absolute Gasteiger partial charge is 0.464 e. The maximum absolute atomic E-state index is 12.2. The third-order valence-corrected chi connectivity index (χ3v) is 6.46. The molecule has 0 bridgehead atoms. The number of carbonyl (C=O) groups excluding carboxylic acids is 2. The van der Waals surface area contributed by atoms with Crippen molar-refractivity contribution in [3.8, 4) is 6.07 Å². The fourth-order valence-electron chi connectivity index (χ4n) is 3.60. The maximum Gasteiger partial charge on any atom is 0.310 e. The summed E-state index contributed by atoms with van der Waals surface area (Å²) >= 11 is 1.44. The van der Waals surface area contributed by atoms with Gasteiger partial charge in [-0.3, -0.25) is 9.59 Å². The van der Waals surface area contributed by atoms with Crippen LogP contribution in [0.15, 0.2) is 22.8 Å². The van der Waals surface area contributed by atoms with Crippen LogP contribution >= 0.6 is 11.3 Å². The number of rotatable bonds is 5. The number of carbonyl (C=O) groups is 2. The van der Waals surface area contributed by atoms with Crippen molar-refractivity contribution in [2.45, 2.75) is 39.5 Å². The lowest BCUT2D eigenvalue weighted by atomic mass is 10.0. The molecule has 3 aromatic rings. The Morgan fingerprint density at radius 3 is 2.86 bits per heavy atom. The van der Waals surface area contributed by atoms with E-state index in [1.54, 1.807) is 6.26 Å². The van der Waals surface area contributed by atoms with E-state index < -0.39 is 11.9 Å². The van der Waals surface area contributed by atoms with E-state index in [0.29, 0.717) is 10.6 Å². The monoisotopic (exact) mass is 408 g/mol. The van der Waals surface area contributed by atoms with Gasteiger partial charge in [0.2, 0.25) is 0 Å². The molecule has 2 aromatic heterocycles. The average molecular weight is 408 g/mol. The maximum atomic E-state index is 12.2. The Hall–Kier alpha value is -3.11. The molecule has 1 amide bonds. The number of amides is 1. The zero-order chi connectivity index (χ0) is 20.5. The summed E-state index contributed by atoms with van der Waals surface area (Å²) in [6.07, 6.45) is 4.44. The lowest BCUT2D eigenvalue weighted by molar-refractivity contribution is -0.146. The van der Waals surface area contributed by atoms with Crippen molar-refractivity contribution in [2.24, 2.45) is 0 Å². The Labute approximate surface area is 172 Å². The molecule has 0 radical (unpaired) electrons. The van der Waals surface area contributed by atoms with Crippen LogP contribution in [0.5, 0.6) is 0 Å². The number of furan rings is 1. The van der Waals surface area contributed by atoms with Crippen molar-refractivity contribution in [1.29, 1.82) is 5.26 Å². The first kappa shape index (κ1) is 19.2. The van der Waals surface area contributed by atoms with E-state index in [1.165, 1.54) is 11.3 Å². The molecule has 29 heavy (non-hydrogen) atoms. The zero-order valence-electron chi connectivity index (χ0n) is 16.3. The lowest BCUT2D eigenvalue weighted by Gasteiger charge is -2.06. The molecule has 1 N–H and O–H groups in total. The van der Waals surface area contributed by atoms with Crippen LogP contribution < -0.4 is 5.32 Å². The van der Waals surface area contributed by atoms with Gasteiger partial charge in [-0.15, -0.1) is 11.3 Å². The Morgan fingerprint density at radius 2 is 2.07 bits per heavy atom. The molecule has 1 aliphatic rings. The first-order chi connectivity index (χ1) is 14.0. The molecule has 0 fully saturated rings. The van der Waals surface area contributed by atoms with Crippen molar-refractivity contribution in [2.75, 3.05) is 11.9 Å². The van der Waals surface area contributed by atoms with Crippen LogP contribution in [0.1, 0.15) is 39.1 Å². The molecule has 0 saturated heterocycles. The minimum atomic E-state index is -0.504. The molecule has 0 spiro atoms. The SMILES string of the molecule is Cc1cc2occ(CC(=O)OCC(=O)Nc3sc4c(c3C#N)CCC4)c2cc1C. The number of benzene rings is 1. The normalized spacial score (nSPS) is 12.6. The number of fused-ring (bicyclic) bond motifs is 2. The van der Waals surface area contributed by atoms with Gasteiger partial charge in [-0.25, -0.2) is 0 Å². The predicted molar refractivity (Wildman–Crippen MR) is 110 cm³/mol. The third kappa shape index (κ3) is 3.76. The number of hydrogen-bond donors (Lipinski definition) is 1. The molecule has 0 saturated carbocycles. The first-order valence-electron chi connectivity index (χ1n) is 9.43. The fraction of sp³-hybridized carbons (Fsp3) is 0.318. The molecule has 1 aromatic carbocycles. The topological polar surface area (TPSA) is 92.3 Å². The highest BCUT2D eigenvalue weighted by molar-refractivity contribution is 7.16. The van der Waals surface area contributed by atoms with E-state index in [2.05, 4.69) is 11.4 Å². The van der Waals surface area contributed by atoms with Crippen LogP contribution in [0, 0.1) is 25.2 Å². The summed E-state index contributed by atoms with van der Waals surface area (Å²) in [7, 11) is 0. The molecular formula is C22H20N2O4S. The van der Waals surface area contributed by atoms with Crippen molar-refractivity contribution in [1.82, 2.24) is 0 Å². The van der Waals surface area contributed by atoms with Gasteiger partial charge < -0.3 is 14.5 Å². The number of esters is 1. The van der Waals surface area contributed by atoms with Gasteiger partial charge in [0.1, 0.15) is 16.7 Å². The molecule has 2 heterocycles. The van der Waals surface area contributed by atoms with Gasteiger partial charge in [-0.2, -0.15) is 5.26 Å². The van der Waals surface area contributed by atoms with Gasteiger partial charge in [0.05, 0.1) is 18.2 Å². The van der Waals surface area contributed by atoms with Crippen LogP contribution in [-0.2, 0) is 33.6 Å². The number of thiophene rings is 1. The highest BCUT2D eigenvalue weighted by atomic mass is 32.1. The molecular weight excluding hydrogens is 388 g/mol. The fourth-order valence-corrected chi connectivity index (χ4v) is 4.85. The summed E-state index contributed by atoms with van der Waals surface area (Å²) in [5, 5.41) is 13.5. The standard InChI is InChI=1S/C22H20N2O4S/c1-12-6-16-14(10-27-18(16)7-13(12)2)8-21(26)28-11-20(25)24-22-17(9-23)15-4-3-5-19(15)29-22/h6-7,10H,3-5,8,11H2,1-2H3,(H,24,25). The minimum absolute atomic E-state index is 0.0273. The Bertz CT molecular complexity index is 1170. The lowest BCUT2D eigenvalue weighted by Crippen LogP contribution is -2.21. The summed E-state index contributed by atoms with van der Waals surface area (Å²) in [6, 6.07) is 6.11. The number of aryl methyl sites for hydroxylation is 3. The minimum Gasteiger partial charge on any atom is -0.464 e. The smallest absolute Gasteiger partial charge is 0.310 e. The number of ether oxygens (including phenoxy) is 1. The van der Waals surface area contributed by atoms with E-state index in [4.69, 9.17) is 9.15 Å². The van der Waals surface area contributed by atoms with Crippen molar-refractivity contribution in [3.63, 3.8) is 0 Å². The van der Waals surface area contributed by atoms with Crippen LogP contribution in [0.25, 0.3) is 11.0 Å². The third-order valence-electron chi connectivity index (χ3n) is 5.26. The number of hydrogen-bond acceptors (Lipinski definition) is 6. The van der Waals surface area contributed by atoms with Crippen LogP contribution in [0.2, 0.25) is 0 Å². The van der Waals surface area contributed by atoms with E-state index >= 15 is 0 Å². The molecule has 1 aliphatic carbocycles. The second-order valence-electron chi connectivity index (χ2n) is 7.25. The van der Waals surface area contributed by atoms with Gasteiger partial charge in [-0.05, 0) is 61.9 Å². The quantitative estimate of drug-likeness (QED) is 0.639. The zero-order valence-corrected chi connectivity index (χ0v) is 17.1. The number of anilines is 1. The summed E-state index contributed by atoms with van der Waals surface area (Å²) in [5.74, 6) is -0.950. The second-order valence-corrected chi connectivity index (χ2v) is 8.36. The van der Waals surface area contributed by atoms with Gasteiger partial charge >= 0.3 is 5.97 Å². The van der Waals surface area contributed by atoms with Gasteiger partial charge in [0, 0.05) is 15.8 Å².